The molecule has 0 aromatic heterocycles. The SMILES string of the molecule is C=CCC[C@H](NC(=O)OC(C)(C)C)C(=O)O[C@H](/C=C\[Si](C)(C)C(C)(C)C)c1cccc(OCOC)c1. The Morgan fingerprint density at radius 1 is 1.14 bits per heavy atom. The summed E-state index contributed by atoms with van der Waals surface area (Å²) in [5.41, 5.74) is 2.27. The first kappa shape index (κ1) is 31.4. The summed E-state index contributed by atoms with van der Waals surface area (Å²) < 4.78 is 21.9. The fourth-order valence-electron chi connectivity index (χ4n) is 2.90. The quantitative estimate of drug-likeness (QED) is 0.143. The Hall–Kier alpha value is -2.58. The van der Waals surface area contributed by atoms with Crippen molar-refractivity contribution < 1.29 is 28.5 Å². The molecule has 0 saturated heterocycles. The van der Waals surface area contributed by atoms with E-state index in [1.54, 1.807) is 34.0 Å². The minimum absolute atomic E-state index is 0.108. The molecule has 202 valence electrons. The maximum Gasteiger partial charge on any atom is 0.408 e. The highest BCUT2D eigenvalue weighted by atomic mass is 28.3. The van der Waals surface area contributed by atoms with Crippen molar-refractivity contribution >= 4 is 20.1 Å². The molecule has 7 nitrogen and oxygen atoms in total. The van der Waals surface area contributed by atoms with Crippen LogP contribution in [-0.2, 0) is 19.0 Å². The molecule has 0 aliphatic rings. The number of nitrogens with one attached hydrogen (secondary N) is 1. The van der Waals surface area contributed by atoms with Crippen LogP contribution >= 0.6 is 0 Å². The molecule has 0 fully saturated rings. The summed E-state index contributed by atoms with van der Waals surface area (Å²) in [6.45, 7) is 20.4. The van der Waals surface area contributed by atoms with Crippen molar-refractivity contribution in [3.8, 4) is 5.75 Å². The summed E-state index contributed by atoms with van der Waals surface area (Å²) in [7, 11) is -0.260. The number of hydrogen-bond donors (Lipinski definition) is 1. The van der Waals surface area contributed by atoms with Crippen molar-refractivity contribution in [1.29, 1.82) is 0 Å². The highest BCUT2D eigenvalue weighted by molar-refractivity contribution is 6.84. The van der Waals surface area contributed by atoms with Gasteiger partial charge in [0.05, 0.1) is 8.07 Å². The van der Waals surface area contributed by atoms with Crippen LogP contribution in [0, 0.1) is 0 Å². The Bertz CT molecular complexity index is 898. The molecule has 0 spiro atoms. The van der Waals surface area contributed by atoms with Crippen LogP contribution in [0.4, 0.5) is 4.79 Å². The van der Waals surface area contributed by atoms with Gasteiger partial charge in [0, 0.05) is 12.7 Å². The van der Waals surface area contributed by atoms with E-state index in [9.17, 15) is 9.59 Å². The van der Waals surface area contributed by atoms with Crippen LogP contribution in [0.5, 0.6) is 5.75 Å². The van der Waals surface area contributed by atoms with Gasteiger partial charge in [-0.25, -0.2) is 9.59 Å². The molecule has 8 heteroatoms. The van der Waals surface area contributed by atoms with E-state index < -0.39 is 37.9 Å². The van der Waals surface area contributed by atoms with Gasteiger partial charge in [0.25, 0.3) is 0 Å². The van der Waals surface area contributed by atoms with Crippen molar-refractivity contribution in [2.75, 3.05) is 13.9 Å². The molecule has 1 rings (SSSR count). The van der Waals surface area contributed by atoms with E-state index in [0.717, 1.165) is 5.56 Å². The first-order chi connectivity index (χ1) is 16.6. The lowest BCUT2D eigenvalue weighted by molar-refractivity contribution is -0.150. The lowest BCUT2D eigenvalue weighted by Gasteiger charge is -2.34. The predicted molar refractivity (Wildman–Crippen MR) is 147 cm³/mol. The van der Waals surface area contributed by atoms with Gasteiger partial charge in [0.15, 0.2) is 6.79 Å². The third-order valence-electron chi connectivity index (χ3n) is 6.03. The van der Waals surface area contributed by atoms with E-state index in [-0.39, 0.29) is 11.8 Å². The molecule has 0 radical (unpaired) electrons. The topological polar surface area (TPSA) is 83.1 Å². The number of allylic oxidation sites excluding steroid dienone is 1. The predicted octanol–water partition coefficient (Wildman–Crippen LogP) is 6.72. The largest absolute Gasteiger partial charge is 0.468 e. The van der Waals surface area contributed by atoms with Gasteiger partial charge in [0.1, 0.15) is 23.5 Å². The van der Waals surface area contributed by atoms with E-state index in [0.29, 0.717) is 18.6 Å². The van der Waals surface area contributed by atoms with Gasteiger partial charge < -0.3 is 24.3 Å². The molecule has 1 N–H and O–H groups in total. The van der Waals surface area contributed by atoms with Crippen LogP contribution in [0.2, 0.25) is 18.1 Å². The van der Waals surface area contributed by atoms with E-state index in [4.69, 9.17) is 18.9 Å². The number of esters is 1. The Balaban J connectivity index is 3.28. The van der Waals surface area contributed by atoms with E-state index in [1.165, 1.54) is 0 Å². The van der Waals surface area contributed by atoms with Gasteiger partial charge in [-0.3, -0.25) is 0 Å². The number of methoxy groups -OCH3 is 1. The summed E-state index contributed by atoms with van der Waals surface area (Å²) in [6, 6.07) is 6.49. The molecular weight excluding hydrogens is 474 g/mol. The van der Waals surface area contributed by atoms with E-state index in [1.807, 2.05) is 30.3 Å². The molecule has 1 aromatic carbocycles. The molecular formula is C28H45NO6Si. The first-order valence-electron chi connectivity index (χ1n) is 12.3. The van der Waals surface area contributed by atoms with Gasteiger partial charge in [-0.2, -0.15) is 0 Å². The number of amides is 1. The van der Waals surface area contributed by atoms with Crippen LogP contribution in [0.15, 0.2) is 48.7 Å². The Morgan fingerprint density at radius 3 is 2.36 bits per heavy atom. The smallest absolute Gasteiger partial charge is 0.408 e. The first-order valence-corrected chi connectivity index (χ1v) is 15.4. The maximum absolute atomic E-state index is 13.3. The summed E-state index contributed by atoms with van der Waals surface area (Å²) in [6.07, 6.45) is 3.18. The average Bonchev–Trinajstić information content (AvgIpc) is 2.76. The third-order valence-corrected chi connectivity index (χ3v) is 10.9. The molecule has 2 atom stereocenters. The Morgan fingerprint density at radius 2 is 1.81 bits per heavy atom. The highest BCUT2D eigenvalue weighted by Crippen LogP contribution is 2.37. The van der Waals surface area contributed by atoms with E-state index in [2.05, 4.69) is 51.5 Å². The molecule has 0 heterocycles. The number of ether oxygens (including phenoxy) is 4. The standard InChI is InChI=1S/C28H45NO6Si/c1-11-12-16-23(29-26(31)35-27(2,3)4)25(30)34-24(17-18-36(9,10)28(5,6)7)21-14-13-15-22(19-21)33-20-32-8/h11,13-15,17-19,23-24H,1,12,16,20H2,2-10H3,(H,29,31)/b18-17-/t23-,24+/m0/s1. The average molecular weight is 520 g/mol. The zero-order chi connectivity index (χ0) is 27.6. The van der Waals surface area contributed by atoms with Crippen LogP contribution in [-0.4, -0.2) is 45.7 Å². The Kier molecular flexibility index (Phi) is 11.9. The van der Waals surface area contributed by atoms with Crippen molar-refractivity contribution in [2.45, 2.75) is 90.3 Å². The lowest BCUT2D eigenvalue weighted by Crippen LogP contribution is -2.44. The monoisotopic (exact) mass is 519 g/mol. The fourth-order valence-corrected chi connectivity index (χ4v) is 4.05. The number of rotatable bonds is 12. The number of hydrogen-bond acceptors (Lipinski definition) is 6. The Labute approximate surface area is 218 Å². The second-order valence-corrected chi connectivity index (χ2v) is 16.7. The van der Waals surface area contributed by atoms with Crippen LogP contribution in [0.25, 0.3) is 0 Å². The van der Waals surface area contributed by atoms with Crippen molar-refractivity contribution in [1.82, 2.24) is 5.32 Å². The van der Waals surface area contributed by atoms with Gasteiger partial charge in [-0.15, -0.1) is 6.58 Å². The summed E-state index contributed by atoms with van der Waals surface area (Å²) >= 11 is 0. The van der Waals surface area contributed by atoms with Crippen LogP contribution in [0.1, 0.15) is 66.1 Å². The van der Waals surface area contributed by atoms with Gasteiger partial charge in [-0.05, 0) is 56.9 Å². The molecule has 0 saturated carbocycles. The molecule has 1 amide bonds. The number of benzene rings is 1. The van der Waals surface area contributed by atoms with Crippen LogP contribution < -0.4 is 10.1 Å². The van der Waals surface area contributed by atoms with Crippen LogP contribution in [0.3, 0.4) is 0 Å². The van der Waals surface area contributed by atoms with Crippen molar-refractivity contribution in [3.05, 3.63) is 54.3 Å². The zero-order valence-electron chi connectivity index (χ0n) is 23.5. The molecule has 1 aromatic rings. The molecule has 0 bridgehead atoms. The van der Waals surface area contributed by atoms with Gasteiger partial charge in [0.2, 0.25) is 0 Å². The van der Waals surface area contributed by atoms with Gasteiger partial charge in [-0.1, -0.05) is 57.8 Å². The zero-order valence-corrected chi connectivity index (χ0v) is 24.5. The normalized spacial score (nSPS) is 14.1. The number of carbonyl (C=O) groups is 2. The van der Waals surface area contributed by atoms with Gasteiger partial charge >= 0.3 is 12.1 Å². The second kappa shape index (κ2) is 13.6. The second-order valence-electron chi connectivity index (χ2n) is 11.4. The molecule has 36 heavy (non-hydrogen) atoms. The number of alkyl carbamates (subject to hydrolysis) is 1. The van der Waals surface area contributed by atoms with Crippen molar-refractivity contribution in [2.24, 2.45) is 0 Å². The number of carbonyl (C=O) groups excluding carboxylic acids is 2. The third kappa shape index (κ3) is 11.0. The molecule has 0 aliphatic heterocycles. The molecule has 0 aliphatic carbocycles. The molecule has 0 unspecified atom stereocenters. The minimum Gasteiger partial charge on any atom is -0.468 e. The maximum atomic E-state index is 13.3. The summed E-state index contributed by atoms with van der Waals surface area (Å²) in [4.78, 5) is 25.7. The fraction of sp³-hybridized carbons (Fsp3) is 0.571. The summed E-state index contributed by atoms with van der Waals surface area (Å²) in [5.74, 6) is 0.0574. The lowest BCUT2D eigenvalue weighted by atomic mass is 10.1. The highest BCUT2D eigenvalue weighted by Gasteiger charge is 2.33. The summed E-state index contributed by atoms with van der Waals surface area (Å²) in [5, 5.41) is 2.78. The minimum atomic E-state index is -1.81. The van der Waals surface area contributed by atoms with Crippen molar-refractivity contribution in [3.63, 3.8) is 0 Å². The van der Waals surface area contributed by atoms with E-state index >= 15 is 0 Å².